The van der Waals surface area contributed by atoms with Gasteiger partial charge in [-0.05, 0) is 42.7 Å². The number of nitrogens with one attached hydrogen (secondary N) is 1. The van der Waals surface area contributed by atoms with Gasteiger partial charge in [-0.3, -0.25) is 9.59 Å². The smallest absolute Gasteiger partial charge is 0.221 e. The molecule has 0 fully saturated rings. The largest absolute Gasteiger partial charge is 0.484 e. The SMILES string of the molecule is CSc1cc(C(=O)COc2ccc(F)cc2Cl)ccc1NC(C)=O. The van der Waals surface area contributed by atoms with Gasteiger partial charge >= 0.3 is 0 Å². The van der Waals surface area contributed by atoms with Crippen molar-refractivity contribution < 1.29 is 18.7 Å². The predicted molar refractivity (Wildman–Crippen MR) is 93.8 cm³/mol. The summed E-state index contributed by atoms with van der Waals surface area (Å²) in [5.41, 5.74) is 1.10. The lowest BCUT2D eigenvalue weighted by Crippen LogP contribution is -2.13. The molecule has 0 saturated carbocycles. The number of Topliss-reactive ketones (excluding diaryl/α,β-unsaturated/α-hetero) is 1. The van der Waals surface area contributed by atoms with E-state index in [1.54, 1.807) is 18.2 Å². The Bertz CT molecular complexity index is 782. The Balaban J connectivity index is 2.10. The number of thioether (sulfide) groups is 1. The molecule has 0 spiro atoms. The molecule has 0 aliphatic heterocycles. The lowest BCUT2D eigenvalue weighted by Gasteiger charge is -2.11. The van der Waals surface area contributed by atoms with E-state index in [0.29, 0.717) is 11.3 Å². The number of anilines is 1. The third-order valence-electron chi connectivity index (χ3n) is 3.09. The standard InChI is InChI=1S/C17H15ClFNO3S/c1-10(21)20-14-5-3-11(7-17(14)24-2)15(22)9-23-16-6-4-12(19)8-13(16)18/h3-8H,9H2,1-2H3,(H,20,21). The Labute approximate surface area is 148 Å². The molecule has 0 heterocycles. The fourth-order valence-electron chi connectivity index (χ4n) is 1.98. The van der Waals surface area contributed by atoms with Crippen LogP contribution in [0.3, 0.4) is 0 Å². The Morgan fingerprint density at radius 1 is 1.25 bits per heavy atom. The topological polar surface area (TPSA) is 55.4 Å². The van der Waals surface area contributed by atoms with Crippen LogP contribution in [0.25, 0.3) is 0 Å². The minimum absolute atomic E-state index is 0.105. The van der Waals surface area contributed by atoms with E-state index in [9.17, 15) is 14.0 Å². The summed E-state index contributed by atoms with van der Waals surface area (Å²) in [4.78, 5) is 24.2. The summed E-state index contributed by atoms with van der Waals surface area (Å²) >= 11 is 7.27. The molecule has 4 nitrogen and oxygen atoms in total. The number of benzene rings is 2. The van der Waals surface area contributed by atoms with Crippen molar-refractivity contribution in [2.24, 2.45) is 0 Å². The number of ketones is 1. The fourth-order valence-corrected chi connectivity index (χ4v) is 2.78. The summed E-state index contributed by atoms with van der Waals surface area (Å²) in [6, 6.07) is 8.68. The van der Waals surface area contributed by atoms with Crippen LogP contribution >= 0.6 is 23.4 Å². The van der Waals surface area contributed by atoms with Gasteiger partial charge in [0.1, 0.15) is 11.6 Å². The van der Waals surface area contributed by atoms with Crippen molar-refractivity contribution in [3.63, 3.8) is 0 Å². The Morgan fingerprint density at radius 2 is 2.00 bits per heavy atom. The molecular formula is C17H15ClFNO3S. The molecule has 24 heavy (non-hydrogen) atoms. The monoisotopic (exact) mass is 367 g/mol. The zero-order valence-electron chi connectivity index (χ0n) is 13.1. The van der Waals surface area contributed by atoms with E-state index in [1.807, 2.05) is 6.26 Å². The normalized spacial score (nSPS) is 10.3. The maximum absolute atomic E-state index is 13.0. The second-order valence-corrected chi connectivity index (χ2v) is 6.14. The molecule has 0 unspecified atom stereocenters. The van der Waals surface area contributed by atoms with E-state index in [-0.39, 0.29) is 29.1 Å². The number of halogens is 2. The Morgan fingerprint density at radius 3 is 2.62 bits per heavy atom. The average Bonchev–Trinajstić information content (AvgIpc) is 2.53. The summed E-state index contributed by atoms with van der Waals surface area (Å²) < 4.78 is 18.3. The van der Waals surface area contributed by atoms with Crippen LogP contribution in [0.4, 0.5) is 10.1 Å². The van der Waals surface area contributed by atoms with Gasteiger partial charge in [0.15, 0.2) is 12.4 Å². The Hall–Kier alpha value is -2.05. The van der Waals surface area contributed by atoms with Crippen LogP contribution in [0.5, 0.6) is 5.75 Å². The molecule has 1 N–H and O–H groups in total. The molecule has 0 saturated heterocycles. The van der Waals surface area contributed by atoms with Crippen LogP contribution in [-0.4, -0.2) is 24.6 Å². The molecule has 2 aromatic carbocycles. The third kappa shape index (κ3) is 4.72. The number of ether oxygens (including phenoxy) is 1. The first kappa shape index (κ1) is 18.3. The first-order valence-electron chi connectivity index (χ1n) is 6.97. The lowest BCUT2D eigenvalue weighted by molar-refractivity contribution is -0.114. The Kier molecular flexibility index (Phi) is 6.23. The van der Waals surface area contributed by atoms with Gasteiger partial charge in [-0.1, -0.05) is 11.6 Å². The molecule has 0 atom stereocenters. The van der Waals surface area contributed by atoms with Crippen LogP contribution in [0.15, 0.2) is 41.3 Å². The van der Waals surface area contributed by atoms with Gasteiger partial charge in [0.05, 0.1) is 10.7 Å². The van der Waals surface area contributed by atoms with Crippen LogP contribution in [0.2, 0.25) is 5.02 Å². The van der Waals surface area contributed by atoms with E-state index in [2.05, 4.69) is 5.32 Å². The van der Waals surface area contributed by atoms with Crippen molar-refractivity contribution in [2.45, 2.75) is 11.8 Å². The van der Waals surface area contributed by atoms with Gasteiger partial charge < -0.3 is 10.1 Å². The molecular weight excluding hydrogens is 353 g/mol. The van der Waals surface area contributed by atoms with Gasteiger partial charge in [-0.2, -0.15) is 0 Å². The van der Waals surface area contributed by atoms with Gasteiger partial charge in [0.2, 0.25) is 5.91 Å². The molecule has 0 aliphatic rings. The number of amides is 1. The first-order valence-corrected chi connectivity index (χ1v) is 8.57. The van der Waals surface area contributed by atoms with Gasteiger partial charge in [-0.25, -0.2) is 4.39 Å². The van der Waals surface area contributed by atoms with Gasteiger partial charge in [0, 0.05) is 17.4 Å². The quantitative estimate of drug-likeness (QED) is 0.606. The van der Waals surface area contributed by atoms with Crippen molar-refractivity contribution in [3.05, 3.63) is 52.8 Å². The number of carbonyl (C=O) groups excluding carboxylic acids is 2. The molecule has 7 heteroatoms. The molecule has 0 aromatic heterocycles. The molecule has 2 aromatic rings. The minimum atomic E-state index is -0.475. The molecule has 0 radical (unpaired) electrons. The predicted octanol–water partition coefficient (Wildman–Crippen LogP) is 4.42. The highest BCUT2D eigenvalue weighted by Gasteiger charge is 2.12. The van der Waals surface area contributed by atoms with E-state index in [0.717, 1.165) is 11.0 Å². The summed E-state index contributed by atoms with van der Waals surface area (Å²) in [5.74, 6) is -0.665. The lowest BCUT2D eigenvalue weighted by atomic mass is 10.1. The zero-order valence-corrected chi connectivity index (χ0v) is 14.6. The van der Waals surface area contributed by atoms with E-state index >= 15 is 0 Å². The zero-order chi connectivity index (χ0) is 17.7. The highest BCUT2D eigenvalue weighted by atomic mass is 35.5. The average molecular weight is 368 g/mol. The summed E-state index contributed by atoms with van der Waals surface area (Å²) in [7, 11) is 0. The fraction of sp³-hybridized carbons (Fsp3) is 0.176. The molecule has 126 valence electrons. The summed E-state index contributed by atoms with van der Waals surface area (Å²) in [6.07, 6.45) is 1.85. The number of carbonyl (C=O) groups is 2. The maximum atomic E-state index is 13.0. The van der Waals surface area contributed by atoms with Gasteiger partial charge in [-0.15, -0.1) is 11.8 Å². The molecule has 1 amide bonds. The number of hydrogen-bond donors (Lipinski definition) is 1. The van der Waals surface area contributed by atoms with Crippen molar-refractivity contribution in [1.82, 2.24) is 0 Å². The number of rotatable bonds is 6. The molecule has 0 aliphatic carbocycles. The third-order valence-corrected chi connectivity index (χ3v) is 4.16. The second-order valence-electron chi connectivity index (χ2n) is 4.88. The van der Waals surface area contributed by atoms with Crippen LogP contribution in [0, 0.1) is 5.82 Å². The summed E-state index contributed by atoms with van der Waals surface area (Å²) in [6.45, 7) is 1.20. The maximum Gasteiger partial charge on any atom is 0.221 e. The molecule has 2 rings (SSSR count). The van der Waals surface area contributed by atoms with Crippen LogP contribution in [-0.2, 0) is 4.79 Å². The van der Waals surface area contributed by atoms with Crippen molar-refractivity contribution in [1.29, 1.82) is 0 Å². The van der Waals surface area contributed by atoms with Crippen molar-refractivity contribution >= 4 is 40.7 Å². The highest BCUT2D eigenvalue weighted by molar-refractivity contribution is 7.98. The highest BCUT2D eigenvalue weighted by Crippen LogP contribution is 2.28. The first-order chi connectivity index (χ1) is 11.4. The van der Waals surface area contributed by atoms with E-state index in [1.165, 1.54) is 30.8 Å². The second kappa shape index (κ2) is 8.17. The van der Waals surface area contributed by atoms with E-state index in [4.69, 9.17) is 16.3 Å². The van der Waals surface area contributed by atoms with Crippen LogP contribution in [0.1, 0.15) is 17.3 Å². The van der Waals surface area contributed by atoms with Gasteiger partial charge in [0.25, 0.3) is 0 Å². The van der Waals surface area contributed by atoms with Crippen molar-refractivity contribution in [2.75, 3.05) is 18.2 Å². The minimum Gasteiger partial charge on any atom is -0.484 e. The van der Waals surface area contributed by atoms with Crippen LogP contribution < -0.4 is 10.1 Å². The molecule has 0 bridgehead atoms. The summed E-state index contributed by atoms with van der Waals surface area (Å²) in [5, 5.41) is 2.81. The number of hydrogen-bond acceptors (Lipinski definition) is 4. The van der Waals surface area contributed by atoms with Crippen molar-refractivity contribution in [3.8, 4) is 5.75 Å². The van der Waals surface area contributed by atoms with E-state index < -0.39 is 5.82 Å².